The van der Waals surface area contributed by atoms with Gasteiger partial charge in [-0.1, -0.05) is 28.1 Å². The van der Waals surface area contributed by atoms with Crippen LogP contribution in [0.4, 0.5) is 0 Å². The highest BCUT2D eigenvalue weighted by Crippen LogP contribution is 2.15. The average molecular weight is 319 g/mol. The first-order chi connectivity index (χ1) is 9.16. The van der Waals surface area contributed by atoms with Crippen LogP contribution < -0.4 is 5.32 Å². The van der Waals surface area contributed by atoms with E-state index in [-0.39, 0.29) is 5.91 Å². The number of nitrogens with one attached hydrogen (secondary N) is 1. The molecule has 19 heavy (non-hydrogen) atoms. The average Bonchev–Trinajstić information content (AvgIpc) is 2.42. The lowest BCUT2D eigenvalue weighted by Crippen LogP contribution is -2.26. The molecule has 1 heterocycles. The van der Waals surface area contributed by atoms with Gasteiger partial charge in [0.15, 0.2) is 0 Å². The molecular weight excluding hydrogens is 304 g/mol. The SMILES string of the molecule is Cc1ccc(Br)cc1C(=O)NCCc1cccnc1. The maximum absolute atomic E-state index is 12.1. The van der Waals surface area contributed by atoms with Crippen LogP contribution in [0.1, 0.15) is 21.5 Å². The second-order valence-electron chi connectivity index (χ2n) is 4.33. The quantitative estimate of drug-likeness (QED) is 0.941. The standard InChI is InChI=1S/C15H15BrN2O/c1-11-4-5-13(16)9-14(11)15(19)18-8-6-12-3-2-7-17-10-12/h2-5,7,9-10H,6,8H2,1H3,(H,18,19). The number of hydrogen-bond donors (Lipinski definition) is 1. The molecule has 0 bridgehead atoms. The molecule has 0 atom stereocenters. The lowest BCUT2D eigenvalue weighted by molar-refractivity contribution is 0.0953. The van der Waals surface area contributed by atoms with Gasteiger partial charge in [-0.15, -0.1) is 0 Å². The van der Waals surface area contributed by atoms with Gasteiger partial charge in [-0.2, -0.15) is 0 Å². The Balaban J connectivity index is 1.93. The molecule has 1 aromatic heterocycles. The number of rotatable bonds is 4. The largest absolute Gasteiger partial charge is 0.352 e. The first kappa shape index (κ1) is 13.7. The minimum Gasteiger partial charge on any atom is -0.352 e. The Morgan fingerprint density at radius 2 is 2.21 bits per heavy atom. The number of amides is 1. The van der Waals surface area contributed by atoms with Gasteiger partial charge in [0.1, 0.15) is 0 Å². The molecule has 2 aromatic rings. The fourth-order valence-electron chi connectivity index (χ4n) is 1.80. The summed E-state index contributed by atoms with van der Waals surface area (Å²) in [6, 6.07) is 9.61. The predicted molar refractivity (Wildman–Crippen MR) is 79.2 cm³/mol. The van der Waals surface area contributed by atoms with Crippen molar-refractivity contribution in [2.75, 3.05) is 6.54 Å². The van der Waals surface area contributed by atoms with Crippen molar-refractivity contribution in [1.29, 1.82) is 0 Å². The molecule has 0 aliphatic rings. The molecule has 0 fully saturated rings. The molecule has 1 aromatic carbocycles. The number of benzene rings is 1. The highest BCUT2D eigenvalue weighted by molar-refractivity contribution is 9.10. The van der Waals surface area contributed by atoms with E-state index in [1.165, 1.54) is 0 Å². The van der Waals surface area contributed by atoms with E-state index in [2.05, 4.69) is 26.2 Å². The van der Waals surface area contributed by atoms with Gasteiger partial charge in [0, 0.05) is 29.0 Å². The third-order valence-corrected chi connectivity index (χ3v) is 3.36. The molecule has 1 N–H and O–H groups in total. The molecule has 0 saturated heterocycles. The van der Waals surface area contributed by atoms with Crippen LogP contribution in [0.25, 0.3) is 0 Å². The fraction of sp³-hybridized carbons (Fsp3) is 0.200. The van der Waals surface area contributed by atoms with Crippen molar-refractivity contribution in [3.05, 3.63) is 63.9 Å². The Kier molecular flexibility index (Phi) is 4.68. The number of pyridine rings is 1. The zero-order chi connectivity index (χ0) is 13.7. The Hall–Kier alpha value is -1.68. The van der Waals surface area contributed by atoms with Crippen LogP contribution in [0.5, 0.6) is 0 Å². The Labute approximate surface area is 121 Å². The molecule has 0 saturated carbocycles. The maximum Gasteiger partial charge on any atom is 0.251 e. The summed E-state index contributed by atoms with van der Waals surface area (Å²) in [6.07, 6.45) is 4.34. The van der Waals surface area contributed by atoms with Gasteiger partial charge in [-0.25, -0.2) is 0 Å². The van der Waals surface area contributed by atoms with E-state index >= 15 is 0 Å². The first-order valence-electron chi connectivity index (χ1n) is 6.10. The van der Waals surface area contributed by atoms with Gasteiger partial charge >= 0.3 is 0 Å². The highest BCUT2D eigenvalue weighted by atomic mass is 79.9. The normalized spacial score (nSPS) is 10.2. The van der Waals surface area contributed by atoms with Crippen molar-refractivity contribution in [2.45, 2.75) is 13.3 Å². The molecule has 98 valence electrons. The number of carbonyl (C=O) groups is 1. The molecule has 2 rings (SSSR count). The molecule has 0 aliphatic carbocycles. The number of halogens is 1. The van der Waals surface area contributed by atoms with E-state index in [1.807, 2.05) is 43.5 Å². The number of carbonyl (C=O) groups excluding carboxylic acids is 1. The van der Waals surface area contributed by atoms with E-state index < -0.39 is 0 Å². The van der Waals surface area contributed by atoms with Gasteiger partial charge in [-0.3, -0.25) is 9.78 Å². The van der Waals surface area contributed by atoms with E-state index in [0.29, 0.717) is 12.1 Å². The Bertz CT molecular complexity index is 570. The summed E-state index contributed by atoms with van der Waals surface area (Å²) < 4.78 is 0.913. The van der Waals surface area contributed by atoms with Crippen LogP contribution >= 0.6 is 15.9 Å². The predicted octanol–water partition coefficient (Wildman–Crippen LogP) is 3.13. The summed E-state index contributed by atoms with van der Waals surface area (Å²) in [5, 5.41) is 2.93. The van der Waals surface area contributed by atoms with Crippen molar-refractivity contribution in [1.82, 2.24) is 10.3 Å². The molecule has 3 nitrogen and oxygen atoms in total. The van der Waals surface area contributed by atoms with Gasteiger partial charge in [0.05, 0.1) is 0 Å². The molecule has 0 unspecified atom stereocenters. The Morgan fingerprint density at radius 1 is 1.37 bits per heavy atom. The van der Waals surface area contributed by atoms with E-state index in [9.17, 15) is 4.79 Å². The minimum absolute atomic E-state index is 0.0392. The van der Waals surface area contributed by atoms with E-state index in [4.69, 9.17) is 0 Å². The summed E-state index contributed by atoms with van der Waals surface area (Å²) in [6.45, 7) is 2.54. The van der Waals surface area contributed by atoms with E-state index in [1.54, 1.807) is 6.20 Å². The zero-order valence-electron chi connectivity index (χ0n) is 10.7. The third kappa shape index (κ3) is 3.89. The lowest BCUT2D eigenvalue weighted by atomic mass is 10.1. The topological polar surface area (TPSA) is 42.0 Å². The second kappa shape index (κ2) is 6.48. The molecule has 0 spiro atoms. The monoisotopic (exact) mass is 318 g/mol. The van der Waals surface area contributed by atoms with Crippen molar-refractivity contribution >= 4 is 21.8 Å². The van der Waals surface area contributed by atoms with Crippen LogP contribution in [0.2, 0.25) is 0 Å². The van der Waals surface area contributed by atoms with E-state index in [0.717, 1.165) is 22.0 Å². The maximum atomic E-state index is 12.1. The zero-order valence-corrected chi connectivity index (χ0v) is 12.3. The minimum atomic E-state index is -0.0392. The first-order valence-corrected chi connectivity index (χ1v) is 6.89. The van der Waals surface area contributed by atoms with Crippen LogP contribution in [-0.4, -0.2) is 17.4 Å². The number of aryl methyl sites for hydroxylation is 1. The van der Waals surface area contributed by atoms with Crippen molar-refractivity contribution in [2.24, 2.45) is 0 Å². The molecule has 1 amide bonds. The van der Waals surface area contributed by atoms with Gasteiger partial charge in [0.2, 0.25) is 0 Å². The highest BCUT2D eigenvalue weighted by Gasteiger charge is 2.08. The van der Waals surface area contributed by atoms with Crippen LogP contribution in [0.3, 0.4) is 0 Å². The van der Waals surface area contributed by atoms with Gasteiger partial charge in [-0.05, 0) is 42.7 Å². The van der Waals surface area contributed by atoms with Gasteiger partial charge in [0.25, 0.3) is 5.91 Å². The summed E-state index contributed by atoms with van der Waals surface area (Å²) in [5.74, 6) is -0.0392. The van der Waals surface area contributed by atoms with Crippen LogP contribution in [0, 0.1) is 6.92 Å². The summed E-state index contributed by atoms with van der Waals surface area (Å²) >= 11 is 3.38. The molecule has 0 radical (unpaired) electrons. The molecular formula is C15H15BrN2O. The second-order valence-corrected chi connectivity index (χ2v) is 5.24. The summed E-state index contributed by atoms with van der Waals surface area (Å²) in [4.78, 5) is 16.1. The van der Waals surface area contributed by atoms with Crippen molar-refractivity contribution in [3.63, 3.8) is 0 Å². The smallest absolute Gasteiger partial charge is 0.251 e. The van der Waals surface area contributed by atoms with Crippen molar-refractivity contribution < 1.29 is 4.79 Å². The third-order valence-electron chi connectivity index (χ3n) is 2.87. The number of aromatic nitrogens is 1. The number of nitrogens with zero attached hydrogens (tertiary/aromatic N) is 1. The van der Waals surface area contributed by atoms with Crippen LogP contribution in [-0.2, 0) is 6.42 Å². The lowest BCUT2D eigenvalue weighted by Gasteiger charge is -2.08. The summed E-state index contributed by atoms with van der Waals surface area (Å²) in [7, 11) is 0. The van der Waals surface area contributed by atoms with Crippen molar-refractivity contribution in [3.8, 4) is 0 Å². The summed E-state index contributed by atoms with van der Waals surface area (Å²) in [5.41, 5.74) is 2.80. The molecule has 4 heteroatoms. The fourth-order valence-corrected chi connectivity index (χ4v) is 2.16. The Morgan fingerprint density at radius 3 is 2.95 bits per heavy atom. The van der Waals surface area contributed by atoms with Gasteiger partial charge < -0.3 is 5.32 Å². The van der Waals surface area contributed by atoms with Crippen LogP contribution in [0.15, 0.2) is 47.2 Å². The molecule has 0 aliphatic heterocycles. The number of hydrogen-bond acceptors (Lipinski definition) is 2.